The lowest BCUT2D eigenvalue weighted by Crippen LogP contribution is -2.30. The zero-order valence-corrected chi connectivity index (χ0v) is 51.9. The van der Waals surface area contributed by atoms with Crippen molar-refractivity contribution in [2.45, 2.75) is 322 Å². The molecule has 79 heavy (non-hydrogen) atoms. The van der Waals surface area contributed by atoms with Crippen LogP contribution < -0.4 is 0 Å². The van der Waals surface area contributed by atoms with Gasteiger partial charge in [-0.2, -0.15) is 0 Å². The van der Waals surface area contributed by atoms with Gasteiger partial charge >= 0.3 is 17.9 Å². The van der Waals surface area contributed by atoms with Crippen molar-refractivity contribution < 1.29 is 28.6 Å². The molecule has 452 valence electrons. The lowest BCUT2D eigenvalue weighted by molar-refractivity contribution is -0.167. The van der Waals surface area contributed by atoms with Crippen molar-refractivity contribution in [3.63, 3.8) is 0 Å². The molecule has 0 rings (SSSR count). The molecule has 6 nitrogen and oxygen atoms in total. The SMILES string of the molecule is CC/C=C\C/C=C\C/C=C\C/C=C\C/C=C\C/C=C\C/C=C\C/C=C\CCCCCCC(=O)OCC(COC(=O)CCCCCCCCCCCCCCCCC)OC(=O)CCCCCCCCC/C=C\CCCCCCCC. The Kier molecular flexibility index (Phi) is 63.3. The number of esters is 3. The summed E-state index contributed by atoms with van der Waals surface area (Å²) in [5, 5.41) is 0. The summed E-state index contributed by atoms with van der Waals surface area (Å²) in [6, 6.07) is 0. The minimum absolute atomic E-state index is 0.0857. The van der Waals surface area contributed by atoms with E-state index in [1.165, 1.54) is 154 Å². The molecular formula is C73H124O6. The molecule has 0 aliphatic rings. The van der Waals surface area contributed by atoms with Gasteiger partial charge in [0.05, 0.1) is 0 Å². The molecule has 1 atom stereocenters. The molecule has 1 unspecified atom stereocenters. The lowest BCUT2D eigenvalue weighted by atomic mass is 10.0. The van der Waals surface area contributed by atoms with Crippen LogP contribution in [0.5, 0.6) is 0 Å². The summed E-state index contributed by atoms with van der Waals surface area (Å²) in [6.07, 6.45) is 90.9. The first-order chi connectivity index (χ1) is 39.0. The maximum atomic E-state index is 12.9. The van der Waals surface area contributed by atoms with E-state index in [4.69, 9.17) is 14.2 Å². The third-order valence-corrected chi connectivity index (χ3v) is 14.3. The Morgan fingerprint density at radius 2 is 0.494 bits per heavy atom. The van der Waals surface area contributed by atoms with E-state index in [1.54, 1.807) is 0 Å². The van der Waals surface area contributed by atoms with Crippen molar-refractivity contribution in [2.75, 3.05) is 13.2 Å². The number of unbranched alkanes of at least 4 members (excludes halogenated alkanes) is 31. The smallest absolute Gasteiger partial charge is 0.306 e. The second-order valence-electron chi connectivity index (χ2n) is 22.0. The Balaban J connectivity index is 4.39. The molecule has 0 saturated heterocycles. The Hall–Kier alpha value is -3.93. The maximum absolute atomic E-state index is 12.9. The fourth-order valence-electron chi connectivity index (χ4n) is 9.28. The van der Waals surface area contributed by atoms with Gasteiger partial charge in [0.1, 0.15) is 13.2 Å². The van der Waals surface area contributed by atoms with Gasteiger partial charge in [0.15, 0.2) is 6.10 Å². The molecule has 0 aromatic heterocycles. The van der Waals surface area contributed by atoms with Crippen LogP contribution in [-0.4, -0.2) is 37.2 Å². The van der Waals surface area contributed by atoms with Crippen LogP contribution in [0.25, 0.3) is 0 Å². The fraction of sp³-hybridized carbons (Fsp3) is 0.712. The van der Waals surface area contributed by atoms with Crippen molar-refractivity contribution in [3.05, 3.63) is 109 Å². The third kappa shape index (κ3) is 64.8. The van der Waals surface area contributed by atoms with Gasteiger partial charge in [0, 0.05) is 19.3 Å². The number of rotatable bonds is 60. The predicted molar refractivity (Wildman–Crippen MR) is 343 cm³/mol. The first-order valence-electron chi connectivity index (χ1n) is 33.4. The monoisotopic (exact) mass is 1100 g/mol. The van der Waals surface area contributed by atoms with Crippen molar-refractivity contribution in [1.82, 2.24) is 0 Å². The van der Waals surface area contributed by atoms with Crippen LogP contribution in [0.2, 0.25) is 0 Å². The number of hydrogen-bond donors (Lipinski definition) is 0. The first-order valence-corrected chi connectivity index (χ1v) is 33.4. The van der Waals surface area contributed by atoms with Gasteiger partial charge in [0.2, 0.25) is 0 Å². The van der Waals surface area contributed by atoms with Gasteiger partial charge < -0.3 is 14.2 Å². The zero-order chi connectivity index (χ0) is 57.1. The second-order valence-corrected chi connectivity index (χ2v) is 22.0. The third-order valence-electron chi connectivity index (χ3n) is 14.3. The summed E-state index contributed by atoms with van der Waals surface area (Å²) < 4.78 is 16.9. The molecule has 0 heterocycles. The van der Waals surface area contributed by atoms with E-state index < -0.39 is 6.10 Å². The molecule has 0 bridgehead atoms. The fourth-order valence-corrected chi connectivity index (χ4v) is 9.28. The lowest BCUT2D eigenvalue weighted by Gasteiger charge is -2.18. The van der Waals surface area contributed by atoms with Gasteiger partial charge in [-0.05, 0) is 109 Å². The van der Waals surface area contributed by atoms with E-state index in [9.17, 15) is 14.4 Å². The van der Waals surface area contributed by atoms with Crippen molar-refractivity contribution in [3.8, 4) is 0 Å². The van der Waals surface area contributed by atoms with Gasteiger partial charge in [-0.15, -0.1) is 0 Å². The normalized spacial score (nSPS) is 12.8. The van der Waals surface area contributed by atoms with Crippen LogP contribution in [0, 0.1) is 0 Å². The Morgan fingerprint density at radius 3 is 0.785 bits per heavy atom. The molecule has 0 N–H and O–H groups in total. The largest absolute Gasteiger partial charge is 0.462 e. The van der Waals surface area contributed by atoms with Gasteiger partial charge in [-0.3, -0.25) is 14.4 Å². The van der Waals surface area contributed by atoms with Gasteiger partial charge in [-0.25, -0.2) is 0 Å². The number of carbonyl (C=O) groups is 3. The molecule has 0 radical (unpaired) electrons. The molecule has 6 heteroatoms. The number of allylic oxidation sites excluding steroid dienone is 18. The Morgan fingerprint density at radius 1 is 0.266 bits per heavy atom. The molecule has 0 aromatic rings. The molecule has 0 spiro atoms. The summed E-state index contributed by atoms with van der Waals surface area (Å²) in [4.78, 5) is 38.4. The Labute approximate surface area is 489 Å². The molecule has 0 aliphatic carbocycles. The van der Waals surface area contributed by atoms with E-state index >= 15 is 0 Å². The van der Waals surface area contributed by atoms with E-state index in [0.717, 1.165) is 122 Å². The van der Waals surface area contributed by atoms with Gasteiger partial charge in [0.25, 0.3) is 0 Å². The van der Waals surface area contributed by atoms with E-state index in [0.29, 0.717) is 19.3 Å². The van der Waals surface area contributed by atoms with Crippen LogP contribution in [0.3, 0.4) is 0 Å². The molecule has 0 aliphatic heterocycles. The molecule has 0 saturated carbocycles. The average Bonchev–Trinajstić information content (AvgIpc) is 3.45. The van der Waals surface area contributed by atoms with Crippen LogP contribution in [-0.2, 0) is 28.6 Å². The highest BCUT2D eigenvalue weighted by molar-refractivity contribution is 5.71. The summed E-state index contributed by atoms with van der Waals surface area (Å²) in [5.74, 6) is -0.905. The topological polar surface area (TPSA) is 78.9 Å². The first kappa shape index (κ1) is 75.1. The van der Waals surface area contributed by atoms with E-state index in [2.05, 4.69) is 130 Å². The molecule has 0 aromatic carbocycles. The standard InChI is InChI=1S/C73H124O6/c1-4-7-10-13-16-19-22-25-28-30-31-32-33-34-35-36-37-38-39-40-41-43-45-48-51-54-57-60-63-66-72(75)78-69-70(68-77-71(74)65-62-59-56-53-50-47-44-27-24-21-18-15-12-9-6-3)79-73(76)67-64-61-58-55-52-49-46-42-29-26-23-20-17-14-11-8-5-2/h7,10,16,19,25-26,28-29,31-32,34-35,37-38,40-41,45,48,70H,4-6,8-9,11-15,17-18,20-24,27,30,33,36,39,42-44,46-47,49-69H2,1-3H3/b10-7-,19-16-,28-25-,29-26-,32-31-,35-34-,38-37-,41-40-,48-45-. The van der Waals surface area contributed by atoms with E-state index in [1.807, 2.05) is 0 Å². The average molecular weight is 1100 g/mol. The van der Waals surface area contributed by atoms with Gasteiger partial charge in [-0.1, -0.05) is 297 Å². The highest BCUT2D eigenvalue weighted by atomic mass is 16.6. The molecular weight excluding hydrogens is 973 g/mol. The predicted octanol–water partition coefficient (Wildman–Crippen LogP) is 23.0. The number of ether oxygens (including phenoxy) is 3. The Bertz CT molecular complexity index is 1590. The van der Waals surface area contributed by atoms with Crippen molar-refractivity contribution in [2.24, 2.45) is 0 Å². The van der Waals surface area contributed by atoms with Crippen molar-refractivity contribution in [1.29, 1.82) is 0 Å². The maximum Gasteiger partial charge on any atom is 0.306 e. The highest BCUT2D eigenvalue weighted by Crippen LogP contribution is 2.16. The minimum atomic E-state index is -0.792. The zero-order valence-electron chi connectivity index (χ0n) is 51.9. The minimum Gasteiger partial charge on any atom is -0.462 e. The summed E-state index contributed by atoms with van der Waals surface area (Å²) in [7, 11) is 0. The highest BCUT2D eigenvalue weighted by Gasteiger charge is 2.19. The van der Waals surface area contributed by atoms with E-state index in [-0.39, 0.29) is 31.1 Å². The van der Waals surface area contributed by atoms with Crippen LogP contribution in [0.15, 0.2) is 109 Å². The summed E-state index contributed by atoms with van der Waals surface area (Å²) >= 11 is 0. The second kappa shape index (κ2) is 66.6. The van der Waals surface area contributed by atoms with Crippen LogP contribution in [0.1, 0.15) is 316 Å². The van der Waals surface area contributed by atoms with Crippen molar-refractivity contribution >= 4 is 17.9 Å². The van der Waals surface area contributed by atoms with Crippen LogP contribution in [0.4, 0.5) is 0 Å². The van der Waals surface area contributed by atoms with Crippen LogP contribution >= 0.6 is 0 Å². The summed E-state index contributed by atoms with van der Waals surface area (Å²) in [6.45, 7) is 6.53. The number of hydrogen-bond acceptors (Lipinski definition) is 6. The molecule has 0 amide bonds. The summed E-state index contributed by atoms with van der Waals surface area (Å²) in [5.41, 5.74) is 0. The number of carbonyl (C=O) groups excluding carboxylic acids is 3. The quantitative estimate of drug-likeness (QED) is 0.0261. The molecule has 0 fully saturated rings.